The number of hydrogen-bond acceptors (Lipinski definition) is 2. The van der Waals surface area contributed by atoms with Crippen LogP contribution in [-0.2, 0) is 10.8 Å². The predicted molar refractivity (Wildman–Crippen MR) is 249 cm³/mol. The monoisotopic (exact) mass is 813 g/mol. The molecule has 1 atom stereocenters. The van der Waals surface area contributed by atoms with E-state index in [1.165, 1.54) is 122 Å². The predicted octanol–water partition coefficient (Wildman–Crippen LogP) is 14.5. The van der Waals surface area contributed by atoms with Crippen LogP contribution in [0.25, 0.3) is 0 Å². The summed E-state index contributed by atoms with van der Waals surface area (Å²) < 4.78 is 2.64. The fraction of sp³-hybridized carbons (Fsp3) is 0.588. The van der Waals surface area contributed by atoms with Crippen LogP contribution in [-0.4, -0.2) is 54.7 Å². The van der Waals surface area contributed by atoms with Gasteiger partial charge in [0.1, 0.15) is 6.54 Å². The molecule has 0 radical (unpaired) electrons. The number of unbranched alkanes of at least 4 members (excludes halogenated alkanes) is 6. The zero-order valence-electron chi connectivity index (χ0n) is 37.1. The van der Waals surface area contributed by atoms with E-state index in [9.17, 15) is 0 Å². The van der Waals surface area contributed by atoms with Crippen molar-refractivity contribution in [3.63, 3.8) is 0 Å². The van der Waals surface area contributed by atoms with Gasteiger partial charge in [-0.3, -0.25) is 0 Å². The molecule has 1 unspecified atom stereocenters. The van der Waals surface area contributed by atoms with E-state index in [0.29, 0.717) is 0 Å². The van der Waals surface area contributed by atoms with Crippen LogP contribution < -0.4 is 4.90 Å². The molecule has 2 heterocycles. The normalized spacial score (nSPS) is 18.9. The van der Waals surface area contributed by atoms with E-state index >= 15 is 0 Å². The van der Waals surface area contributed by atoms with Gasteiger partial charge in [0.25, 0.3) is 0 Å². The molecule has 0 fully saturated rings. The Hall–Kier alpha value is -2.69. The smallest absolute Gasteiger partial charge is 0.209 e. The first-order valence-corrected chi connectivity index (χ1v) is 23.6. The van der Waals surface area contributed by atoms with Crippen LogP contribution >= 0.6 is 15.9 Å². The summed E-state index contributed by atoms with van der Waals surface area (Å²) in [6, 6.07) is 18.2. The number of nitrogens with zero attached hydrogens (tertiary/aromatic N) is 3. The van der Waals surface area contributed by atoms with Gasteiger partial charge in [-0.25, -0.2) is 0 Å². The van der Waals surface area contributed by atoms with Gasteiger partial charge in [-0.05, 0) is 114 Å². The standard InChI is InChI=1S/C48H70N3.C2H6.CH3Br/c1-9-38(2)23-14-10-11-20-35-50-43-28-17-15-26-41(43)47(3,4)45(50)32-30-39-24-22-25-40(37-39)31-33-46-48(5,6)42-27-16-18-29-44(42)51(46)36-21-13-12-19-34-49(7)8;2*1-2/h15-18,26-33,37-38H,9-14,19-25,34-36H2,1-8H3;1-2H3;1H3/q+1;;. The highest BCUT2D eigenvalue weighted by Crippen LogP contribution is 2.48. The lowest BCUT2D eigenvalue weighted by Crippen LogP contribution is -2.28. The van der Waals surface area contributed by atoms with Crippen LogP contribution in [0, 0.1) is 5.92 Å². The molecule has 304 valence electrons. The number of fused-ring (bicyclic) bond motifs is 2. The molecule has 0 aromatic heterocycles. The van der Waals surface area contributed by atoms with Crippen LogP contribution in [0.4, 0.5) is 11.4 Å². The van der Waals surface area contributed by atoms with E-state index in [2.05, 4.69) is 165 Å². The van der Waals surface area contributed by atoms with Crippen LogP contribution in [0.1, 0.15) is 150 Å². The minimum absolute atomic E-state index is 0.000830. The topological polar surface area (TPSA) is 9.49 Å². The third-order valence-corrected chi connectivity index (χ3v) is 12.1. The summed E-state index contributed by atoms with van der Waals surface area (Å²) in [5.41, 5.74) is 11.5. The van der Waals surface area contributed by atoms with Crippen LogP contribution in [0.2, 0.25) is 0 Å². The fourth-order valence-corrected chi connectivity index (χ4v) is 8.65. The Morgan fingerprint density at radius 2 is 1.44 bits per heavy atom. The molecule has 0 saturated heterocycles. The third kappa shape index (κ3) is 12.6. The lowest BCUT2D eigenvalue weighted by Gasteiger charge is -2.27. The Morgan fingerprint density at radius 1 is 0.782 bits per heavy atom. The zero-order chi connectivity index (χ0) is 40.4. The Balaban J connectivity index is 0.00000196. The van der Waals surface area contributed by atoms with Crippen molar-refractivity contribution in [3.8, 4) is 0 Å². The second kappa shape index (κ2) is 23.5. The molecule has 0 N–H and O–H groups in total. The Bertz CT molecular complexity index is 1620. The number of allylic oxidation sites excluding steroid dienone is 8. The van der Waals surface area contributed by atoms with Gasteiger partial charge < -0.3 is 9.80 Å². The van der Waals surface area contributed by atoms with Gasteiger partial charge in [0.2, 0.25) is 5.69 Å². The van der Waals surface area contributed by atoms with Crippen LogP contribution in [0.5, 0.6) is 0 Å². The van der Waals surface area contributed by atoms with E-state index < -0.39 is 0 Å². The number of anilines is 1. The maximum atomic E-state index is 2.94. The van der Waals surface area contributed by atoms with Crippen molar-refractivity contribution in [2.24, 2.45) is 5.92 Å². The van der Waals surface area contributed by atoms with Crippen molar-refractivity contribution in [3.05, 3.63) is 107 Å². The van der Waals surface area contributed by atoms with Gasteiger partial charge >= 0.3 is 0 Å². The second-order valence-electron chi connectivity index (χ2n) is 17.1. The van der Waals surface area contributed by atoms with Crippen molar-refractivity contribution in [1.82, 2.24) is 4.90 Å². The van der Waals surface area contributed by atoms with E-state index in [0.717, 1.165) is 31.8 Å². The zero-order valence-corrected chi connectivity index (χ0v) is 38.7. The molecule has 3 nitrogen and oxygen atoms in total. The number of alkyl halides is 1. The van der Waals surface area contributed by atoms with Gasteiger partial charge in [0, 0.05) is 47.5 Å². The van der Waals surface area contributed by atoms with Crippen molar-refractivity contribution < 1.29 is 4.58 Å². The van der Waals surface area contributed by atoms with Gasteiger partial charge in [-0.15, -0.1) is 0 Å². The second-order valence-corrected chi connectivity index (χ2v) is 17.1. The van der Waals surface area contributed by atoms with E-state index in [4.69, 9.17) is 0 Å². The number of para-hydroxylation sites is 2. The molecule has 2 aromatic rings. The highest BCUT2D eigenvalue weighted by atomic mass is 79.9. The lowest BCUT2D eigenvalue weighted by atomic mass is 9.81. The molecule has 0 saturated carbocycles. The van der Waals surface area contributed by atoms with Gasteiger partial charge in [0.15, 0.2) is 5.71 Å². The lowest BCUT2D eigenvalue weighted by molar-refractivity contribution is -0.438. The van der Waals surface area contributed by atoms with Crippen molar-refractivity contribution in [1.29, 1.82) is 0 Å². The molecule has 4 heteroatoms. The molecule has 0 amide bonds. The number of rotatable bonds is 18. The van der Waals surface area contributed by atoms with E-state index in [1.807, 2.05) is 19.7 Å². The average Bonchev–Trinajstić information content (AvgIpc) is 3.55. The average molecular weight is 814 g/mol. The quantitative estimate of drug-likeness (QED) is 0.0842. The molecule has 5 rings (SSSR count). The summed E-state index contributed by atoms with van der Waals surface area (Å²) in [7, 11) is 4.35. The summed E-state index contributed by atoms with van der Waals surface area (Å²) in [6.07, 6.45) is 28.9. The number of halogens is 1. The molecule has 3 aliphatic rings. The number of hydrogen-bond donors (Lipinski definition) is 0. The molecule has 1 aliphatic carbocycles. The van der Waals surface area contributed by atoms with Gasteiger partial charge in [-0.1, -0.05) is 151 Å². The Kier molecular flexibility index (Phi) is 20.0. The van der Waals surface area contributed by atoms with E-state index in [-0.39, 0.29) is 10.8 Å². The Morgan fingerprint density at radius 3 is 2.16 bits per heavy atom. The SMILES string of the molecule is CBr.CC.CCC(C)CCCCCC[N+]1=C(/C=C/C2=CC(=C/C=C3/N(CCCCCCN(C)C)c4ccccc4C3(C)C)/CCC2)C(C)(C)c2ccccc21. The third-order valence-electron chi connectivity index (χ3n) is 12.1. The first-order chi connectivity index (χ1) is 26.5. The van der Waals surface area contributed by atoms with Crippen LogP contribution in [0.3, 0.4) is 0 Å². The Labute approximate surface area is 347 Å². The first kappa shape index (κ1) is 46.7. The van der Waals surface area contributed by atoms with Crippen molar-refractivity contribution in [2.45, 2.75) is 150 Å². The molecule has 2 aliphatic heterocycles. The summed E-state index contributed by atoms with van der Waals surface area (Å²) >= 11 is 2.94. The summed E-state index contributed by atoms with van der Waals surface area (Å²) in [5.74, 6) is 2.68. The maximum Gasteiger partial charge on any atom is 0.209 e. The van der Waals surface area contributed by atoms with Gasteiger partial charge in [-0.2, -0.15) is 4.58 Å². The first-order valence-electron chi connectivity index (χ1n) is 22.0. The largest absolute Gasteiger partial charge is 0.344 e. The maximum absolute atomic E-state index is 2.94. The molecular weight excluding hydrogens is 734 g/mol. The summed E-state index contributed by atoms with van der Waals surface area (Å²) in [4.78, 5) is 4.93. The molecule has 0 bridgehead atoms. The van der Waals surface area contributed by atoms with Gasteiger partial charge in [0.05, 0.1) is 5.41 Å². The number of benzene rings is 2. The highest BCUT2D eigenvalue weighted by Gasteiger charge is 2.44. The summed E-state index contributed by atoms with van der Waals surface area (Å²) in [6.45, 7) is 21.8. The molecule has 55 heavy (non-hydrogen) atoms. The molecule has 2 aromatic carbocycles. The summed E-state index contributed by atoms with van der Waals surface area (Å²) in [5, 5.41) is 0. The molecular formula is C51H79BrN3+. The minimum atomic E-state index is -0.00319. The van der Waals surface area contributed by atoms with E-state index in [1.54, 1.807) is 0 Å². The molecule has 0 spiro atoms. The minimum Gasteiger partial charge on any atom is -0.344 e. The van der Waals surface area contributed by atoms with Crippen molar-refractivity contribution in [2.75, 3.05) is 44.5 Å². The van der Waals surface area contributed by atoms with Crippen molar-refractivity contribution >= 4 is 33.0 Å². The highest BCUT2D eigenvalue weighted by molar-refractivity contribution is 9.08. The fourth-order valence-electron chi connectivity index (χ4n) is 8.65. The van der Waals surface area contributed by atoms with Crippen LogP contribution in [0.15, 0.2) is 95.8 Å².